The Labute approximate surface area is 124 Å². The Kier molecular flexibility index (Phi) is 5.09. The molecule has 0 saturated carbocycles. The molecule has 0 fully saturated rings. The summed E-state index contributed by atoms with van der Waals surface area (Å²) >= 11 is 1.66. The van der Waals surface area contributed by atoms with Crippen molar-refractivity contribution in [3.8, 4) is 0 Å². The monoisotopic (exact) mass is 291 g/mol. The van der Waals surface area contributed by atoms with Crippen molar-refractivity contribution in [2.45, 2.75) is 39.8 Å². The van der Waals surface area contributed by atoms with Crippen LogP contribution in [0.2, 0.25) is 0 Å². The fourth-order valence-electron chi connectivity index (χ4n) is 2.11. The van der Waals surface area contributed by atoms with Gasteiger partial charge in [-0.3, -0.25) is 0 Å². The number of rotatable bonds is 6. The first-order chi connectivity index (χ1) is 9.62. The van der Waals surface area contributed by atoms with Crippen molar-refractivity contribution >= 4 is 17.2 Å². The minimum atomic E-state index is 0.0515. The van der Waals surface area contributed by atoms with Gasteiger partial charge < -0.3 is 10.0 Å². The molecule has 0 amide bonds. The van der Waals surface area contributed by atoms with Crippen LogP contribution in [0.1, 0.15) is 35.3 Å². The molecule has 0 aliphatic carbocycles. The quantitative estimate of drug-likeness (QED) is 0.889. The molecule has 0 spiro atoms. The largest absolute Gasteiger partial charge is 0.392 e. The molecule has 0 aliphatic rings. The summed E-state index contributed by atoms with van der Waals surface area (Å²) in [5.74, 6) is 0.894. The summed E-state index contributed by atoms with van der Waals surface area (Å²) in [4.78, 5) is 11.2. The average Bonchev–Trinajstić information content (AvgIpc) is 2.84. The van der Waals surface area contributed by atoms with Gasteiger partial charge in [0.15, 0.2) is 0 Å². The van der Waals surface area contributed by atoms with Crippen LogP contribution < -0.4 is 4.90 Å². The van der Waals surface area contributed by atoms with Gasteiger partial charge in [0.25, 0.3) is 0 Å². The zero-order valence-electron chi connectivity index (χ0n) is 12.3. The Hall–Kier alpha value is -1.46. The Morgan fingerprint density at radius 3 is 2.65 bits per heavy atom. The van der Waals surface area contributed by atoms with E-state index in [-0.39, 0.29) is 6.61 Å². The van der Waals surface area contributed by atoms with Crippen molar-refractivity contribution in [2.75, 3.05) is 11.9 Å². The summed E-state index contributed by atoms with van der Waals surface area (Å²) in [7, 11) is 2.01. The van der Waals surface area contributed by atoms with E-state index in [0.717, 1.165) is 47.2 Å². The van der Waals surface area contributed by atoms with Crippen molar-refractivity contribution in [2.24, 2.45) is 0 Å². The Balaban J connectivity index is 2.19. The van der Waals surface area contributed by atoms with Crippen molar-refractivity contribution in [1.82, 2.24) is 9.97 Å². The number of aliphatic hydroxyl groups excluding tert-OH is 1. The highest BCUT2D eigenvalue weighted by molar-refractivity contribution is 7.09. The molecule has 2 rings (SSSR count). The number of pyridine rings is 1. The lowest BCUT2D eigenvalue weighted by molar-refractivity contribution is 0.281. The Morgan fingerprint density at radius 1 is 1.25 bits per heavy atom. The van der Waals surface area contributed by atoms with E-state index in [0.29, 0.717) is 0 Å². The highest BCUT2D eigenvalue weighted by Gasteiger charge is 2.09. The fourth-order valence-corrected chi connectivity index (χ4v) is 2.71. The van der Waals surface area contributed by atoms with E-state index < -0.39 is 0 Å². The van der Waals surface area contributed by atoms with Crippen LogP contribution in [-0.4, -0.2) is 22.1 Å². The van der Waals surface area contributed by atoms with Crippen LogP contribution in [0.5, 0.6) is 0 Å². The van der Waals surface area contributed by atoms with E-state index in [9.17, 15) is 5.11 Å². The van der Waals surface area contributed by atoms with E-state index in [1.54, 1.807) is 11.3 Å². The number of nitrogens with zero attached hydrogens (tertiary/aromatic N) is 3. The van der Waals surface area contributed by atoms with Gasteiger partial charge in [0.1, 0.15) is 5.82 Å². The topological polar surface area (TPSA) is 49.2 Å². The van der Waals surface area contributed by atoms with Gasteiger partial charge in [0, 0.05) is 18.1 Å². The number of hydrogen-bond donors (Lipinski definition) is 1. The first-order valence-corrected chi connectivity index (χ1v) is 7.73. The molecule has 0 aromatic carbocycles. The van der Waals surface area contributed by atoms with Crippen molar-refractivity contribution < 1.29 is 5.11 Å². The second-order valence-electron chi connectivity index (χ2n) is 4.95. The van der Waals surface area contributed by atoms with Gasteiger partial charge in [-0.1, -0.05) is 13.3 Å². The molecule has 0 saturated heterocycles. The zero-order chi connectivity index (χ0) is 14.5. The summed E-state index contributed by atoms with van der Waals surface area (Å²) in [5, 5.41) is 12.5. The molecule has 2 aromatic rings. The molecule has 2 heterocycles. The van der Waals surface area contributed by atoms with Crippen LogP contribution in [0, 0.1) is 6.92 Å². The maximum atomic E-state index is 9.37. The van der Waals surface area contributed by atoms with Gasteiger partial charge >= 0.3 is 0 Å². The van der Waals surface area contributed by atoms with Crippen molar-refractivity contribution in [3.05, 3.63) is 39.5 Å². The number of anilines is 1. The van der Waals surface area contributed by atoms with Gasteiger partial charge in [-0.25, -0.2) is 9.97 Å². The smallest absolute Gasteiger partial charge is 0.129 e. The number of aryl methyl sites for hydroxylation is 2. The molecule has 0 aliphatic heterocycles. The first-order valence-electron chi connectivity index (χ1n) is 6.85. The summed E-state index contributed by atoms with van der Waals surface area (Å²) in [6.45, 7) is 4.93. The van der Waals surface area contributed by atoms with E-state index in [2.05, 4.69) is 27.2 Å². The number of hydrogen-bond acceptors (Lipinski definition) is 5. The van der Waals surface area contributed by atoms with E-state index in [1.807, 2.05) is 26.1 Å². The predicted molar refractivity (Wildman–Crippen MR) is 83.1 cm³/mol. The predicted octanol–water partition coefficient (Wildman–Crippen LogP) is 2.93. The SMILES string of the molecule is CCCc1cc(CO)cc(N(C)Cc2csc(C)n2)n1. The maximum absolute atomic E-state index is 9.37. The number of aromatic nitrogens is 2. The van der Waals surface area contributed by atoms with Gasteiger partial charge in [-0.15, -0.1) is 11.3 Å². The molecule has 1 N–H and O–H groups in total. The molecular weight excluding hydrogens is 270 g/mol. The van der Waals surface area contributed by atoms with Gasteiger partial charge in [0.05, 0.1) is 23.9 Å². The molecule has 20 heavy (non-hydrogen) atoms. The van der Waals surface area contributed by atoms with Gasteiger partial charge in [0.2, 0.25) is 0 Å². The standard InChI is InChI=1S/C15H21N3OS/c1-4-5-13-6-12(9-19)7-15(17-13)18(3)8-14-10-20-11(2)16-14/h6-7,10,19H,4-5,8-9H2,1-3H3. The Bertz CT molecular complexity index is 568. The summed E-state index contributed by atoms with van der Waals surface area (Å²) in [5.41, 5.74) is 3.01. The van der Waals surface area contributed by atoms with E-state index >= 15 is 0 Å². The summed E-state index contributed by atoms with van der Waals surface area (Å²) in [6.07, 6.45) is 1.99. The highest BCUT2D eigenvalue weighted by atomic mass is 32.1. The normalized spacial score (nSPS) is 10.8. The van der Waals surface area contributed by atoms with Gasteiger partial charge in [-0.05, 0) is 31.0 Å². The molecule has 0 atom stereocenters. The molecule has 0 unspecified atom stereocenters. The van der Waals surface area contributed by atoms with Crippen LogP contribution in [0.25, 0.3) is 0 Å². The second-order valence-corrected chi connectivity index (χ2v) is 6.01. The third kappa shape index (κ3) is 3.77. The second kappa shape index (κ2) is 6.81. The zero-order valence-corrected chi connectivity index (χ0v) is 13.1. The molecule has 4 nitrogen and oxygen atoms in total. The third-order valence-electron chi connectivity index (χ3n) is 3.07. The molecule has 0 radical (unpaired) electrons. The van der Waals surface area contributed by atoms with Crippen LogP contribution in [-0.2, 0) is 19.6 Å². The first kappa shape index (κ1) is 14.9. The minimum absolute atomic E-state index is 0.0515. The molecule has 0 bridgehead atoms. The van der Waals surface area contributed by atoms with Crippen LogP contribution in [0.4, 0.5) is 5.82 Å². The molecular formula is C15H21N3OS. The fraction of sp³-hybridized carbons (Fsp3) is 0.467. The Morgan fingerprint density at radius 2 is 2.05 bits per heavy atom. The summed E-state index contributed by atoms with van der Waals surface area (Å²) in [6, 6.07) is 3.92. The number of aliphatic hydroxyl groups is 1. The van der Waals surface area contributed by atoms with Crippen molar-refractivity contribution in [1.29, 1.82) is 0 Å². The highest BCUT2D eigenvalue weighted by Crippen LogP contribution is 2.18. The minimum Gasteiger partial charge on any atom is -0.392 e. The van der Waals surface area contributed by atoms with Crippen LogP contribution in [0.15, 0.2) is 17.5 Å². The lowest BCUT2D eigenvalue weighted by Gasteiger charge is -2.18. The lowest BCUT2D eigenvalue weighted by atomic mass is 10.1. The molecule has 5 heteroatoms. The van der Waals surface area contributed by atoms with E-state index in [1.165, 1.54) is 0 Å². The van der Waals surface area contributed by atoms with Gasteiger partial charge in [-0.2, -0.15) is 0 Å². The maximum Gasteiger partial charge on any atom is 0.129 e. The van der Waals surface area contributed by atoms with Crippen molar-refractivity contribution in [3.63, 3.8) is 0 Å². The molecule has 2 aromatic heterocycles. The average molecular weight is 291 g/mol. The molecule has 108 valence electrons. The number of thiazole rings is 1. The summed E-state index contributed by atoms with van der Waals surface area (Å²) < 4.78 is 0. The van der Waals surface area contributed by atoms with Crippen LogP contribution >= 0.6 is 11.3 Å². The lowest BCUT2D eigenvalue weighted by Crippen LogP contribution is -2.19. The van der Waals surface area contributed by atoms with Crippen LogP contribution in [0.3, 0.4) is 0 Å². The van der Waals surface area contributed by atoms with E-state index in [4.69, 9.17) is 0 Å². The third-order valence-corrected chi connectivity index (χ3v) is 3.89.